The molecule has 1 aliphatic rings. The van der Waals surface area contributed by atoms with Crippen LogP contribution in [0, 0.1) is 0 Å². The molecule has 0 aromatic heterocycles. The number of nitrogens with zero attached hydrogens (tertiary/aromatic N) is 1. The van der Waals surface area contributed by atoms with E-state index in [2.05, 4.69) is 0 Å². The van der Waals surface area contributed by atoms with Crippen LogP contribution in [0.5, 0.6) is 0 Å². The number of hydrogen-bond acceptors (Lipinski definition) is 3. The largest absolute Gasteiger partial charge is 0.465 e. The molecule has 0 saturated carbocycles. The first-order valence-corrected chi connectivity index (χ1v) is 6.97. The van der Waals surface area contributed by atoms with E-state index in [0.717, 1.165) is 16.0 Å². The first-order valence-electron chi connectivity index (χ1n) is 6.97. The van der Waals surface area contributed by atoms with Crippen LogP contribution in [0.15, 0.2) is 54.6 Å². The third kappa shape index (κ3) is 2.65. The number of hydrogen-bond donors (Lipinski definition) is 1. The first kappa shape index (κ1) is 14.1. The van der Waals surface area contributed by atoms with Gasteiger partial charge in [0.25, 0.3) is 0 Å². The van der Waals surface area contributed by atoms with E-state index in [9.17, 15) is 14.7 Å². The summed E-state index contributed by atoms with van der Waals surface area (Å²) in [4.78, 5) is 24.8. The van der Waals surface area contributed by atoms with Gasteiger partial charge in [0.1, 0.15) is 12.6 Å². The quantitative estimate of drug-likeness (QED) is 0.885. The van der Waals surface area contributed by atoms with Crippen molar-refractivity contribution in [1.82, 2.24) is 0 Å². The van der Waals surface area contributed by atoms with Crippen LogP contribution >= 0.6 is 0 Å². The molecule has 1 unspecified atom stereocenters. The Morgan fingerprint density at radius 1 is 1.09 bits per heavy atom. The zero-order chi connectivity index (χ0) is 15.5. The molecule has 1 amide bonds. The molecule has 0 bridgehead atoms. The minimum atomic E-state index is -1.15. The molecular formula is C17H15NO4. The van der Waals surface area contributed by atoms with E-state index in [0.29, 0.717) is 12.1 Å². The number of fused-ring (bicyclic) bond motifs is 1. The van der Waals surface area contributed by atoms with Crippen molar-refractivity contribution >= 4 is 17.7 Å². The van der Waals surface area contributed by atoms with Gasteiger partial charge in [0.05, 0.1) is 5.69 Å². The van der Waals surface area contributed by atoms with Crippen molar-refractivity contribution in [2.45, 2.75) is 19.1 Å². The number of ether oxygens (including phenoxy) is 1. The van der Waals surface area contributed by atoms with Crippen molar-refractivity contribution in [1.29, 1.82) is 0 Å². The summed E-state index contributed by atoms with van der Waals surface area (Å²) in [6.45, 7) is 0.139. The molecule has 2 aromatic carbocycles. The normalized spacial score (nSPS) is 16.2. The topological polar surface area (TPSA) is 66.8 Å². The Morgan fingerprint density at radius 3 is 2.50 bits per heavy atom. The van der Waals surface area contributed by atoms with Gasteiger partial charge in [-0.3, -0.25) is 4.90 Å². The van der Waals surface area contributed by atoms with Gasteiger partial charge in [-0.05, 0) is 17.2 Å². The summed E-state index contributed by atoms with van der Waals surface area (Å²) >= 11 is 0. The fourth-order valence-corrected chi connectivity index (χ4v) is 2.64. The highest BCUT2D eigenvalue weighted by Crippen LogP contribution is 2.32. The summed E-state index contributed by atoms with van der Waals surface area (Å²) in [5, 5.41) is 9.38. The van der Waals surface area contributed by atoms with Gasteiger partial charge in [-0.15, -0.1) is 0 Å². The first-order chi connectivity index (χ1) is 10.7. The molecule has 0 aliphatic carbocycles. The summed E-state index contributed by atoms with van der Waals surface area (Å²) in [6, 6.07) is 15.6. The summed E-state index contributed by atoms with van der Waals surface area (Å²) in [5.74, 6) is -0.526. The fraction of sp³-hybridized carbons (Fsp3) is 0.176. The molecule has 0 spiro atoms. The van der Waals surface area contributed by atoms with Gasteiger partial charge in [0.2, 0.25) is 0 Å². The summed E-state index contributed by atoms with van der Waals surface area (Å²) in [6.07, 6.45) is -0.803. The van der Waals surface area contributed by atoms with E-state index < -0.39 is 18.1 Å². The number of carboxylic acid groups (broad SMARTS) is 1. The molecule has 1 atom stereocenters. The Hall–Kier alpha value is -2.82. The van der Waals surface area contributed by atoms with Gasteiger partial charge in [0.15, 0.2) is 0 Å². The van der Waals surface area contributed by atoms with E-state index in [1.165, 1.54) is 0 Å². The van der Waals surface area contributed by atoms with Crippen molar-refractivity contribution in [2.24, 2.45) is 0 Å². The molecule has 2 aromatic rings. The van der Waals surface area contributed by atoms with Crippen LogP contribution in [-0.2, 0) is 22.6 Å². The van der Waals surface area contributed by atoms with E-state index in [4.69, 9.17) is 4.74 Å². The highest BCUT2D eigenvalue weighted by Gasteiger charge is 2.39. The number of carbonyl (C=O) groups is 2. The van der Waals surface area contributed by atoms with Gasteiger partial charge in [-0.2, -0.15) is 0 Å². The molecule has 3 rings (SSSR count). The van der Waals surface area contributed by atoms with Crippen LogP contribution in [0.4, 0.5) is 10.5 Å². The molecule has 0 radical (unpaired) electrons. The van der Waals surface area contributed by atoms with Crippen molar-refractivity contribution < 1.29 is 19.4 Å². The van der Waals surface area contributed by atoms with E-state index in [-0.39, 0.29) is 6.61 Å². The second-order valence-electron chi connectivity index (χ2n) is 5.09. The standard InChI is InChI=1S/C17H15NO4/c19-16(22-11-12-6-2-1-3-7-12)15-10-13-8-4-5-9-14(13)18(15)17(20)21/h1-9,15H,10-11H2,(H,20,21). The zero-order valence-corrected chi connectivity index (χ0v) is 11.8. The van der Waals surface area contributed by atoms with Crippen LogP contribution in [-0.4, -0.2) is 23.2 Å². The molecular weight excluding hydrogens is 282 g/mol. The minimum Gasteiger partial charge on any atom is -0.465 e. The van der Waals surface area contributed by atoms with Gasteiger partial charge < -0.3 is 9.84 Å². The number of para-hydroxylation sites is 1. The lowest BCUT2D eigenvalue weighted by molar-refractivity contribution is -0.146. The minimum absolute atomic E-state index is 0.139. The second-order valence-corrected chi connectivity index (χ2v) is 5.09. The number of anilines is 1. The molecule has 112 valence electrons. The van der Waals surface area contributed by atoms with Gasteiger partial charge in [-0.25, -0.2) is 9.59 Å². The SMILES string of the molecule is O=C(OCc1ccccc1)C1Cc2ccccc2N1C(=O)O. The highest BCUT2D eigenvalue weighted by molar-refractivity contribution is 5.98. The van der Waals surface area contributed by atoms with Crippen molar-refractivity contribution in [3.63, 3.8) is 0 Å². The molecule has 1 N–H and O–H groups in total. The number of rotatable bonds is 3. The average molecular weight is 297 g/mol. The Kier molecular flexibility index (Phi) is 3.78. The molecule has 1 aliphatic heterocycles. The lowest BCUT2D eigenvalue weighted by Gasteiger charge is -2.20. The fourth-order valence-electron chi connectivity index (χ4n) is 2.64. The lowest BCUT2D eigenvalue weighted by atomic mass is 10.1. The van der Waals surface area contributed by atoms with Crippen molar-refractivity contribution in [3.05, 3.63) is 65.7 Å². The van der Waals surface area contributed by atoms with Crippen LogP contribution in [0.25, 0.3) is 0 Å². The smallest absolute Gasteiger partial charge is 0.412 e. The van der Waals surface area contributed by atoms with Crippen LogP contribution < -0.4 is 4.90 Å². The van der Waals surface area contributed by atoms with Gasteiger partial charge in [-0.1, -0.05) is 48.5 Å². The Labute approximate surface area is 127 Å². The maximum absolute atomic E-state index is 12.3. The van der Waals surface area contributed by atoms with E-state index in [1.54, 1.807) is 12.1 Å². The Morgan fingerprint density at radius 2 is 1.77 bits per heavy atom. The molecule has 22 heavy (non-hydrogen) atoms. The third-order valence-electron chi connectivity index (χ3n) is 3.68. The van der Waals surface area contributed by atoms with E-state index in [1.807, 2.05) is 42.5 Å². The summed E-state index contributed by atoms with van der Waals surface area (Å²) < 4.78 is 5.28. The maximum atomic E-state index is 12.3. The average Bonchev–Trinajstić information content (AvgIpc) is 2.93. The molecule has 5 nitrogen and oxygen atoms in total. The van der Waals surface area contributed by atoms with Crippen LogP contribution in [0.2, 0.25) is 0 Å². The van der Waals surface area contributed by atoms with Gasteiger partial charge in [0, 0.05) is 6.42 Å². The number of amides is 1. The van der Waals surface area contributed by atoms with Gasteiger partial charge >= 0.3 is 12.1 Å². The summed E-state index contributed by atoms with van der Waals surface area (Å²) in [7, 11) is 0. The zero-order valence-electron chi connectivity index (χ0n) is 11.8. The number of carbonyl (C=O) groups excluding carboxylic acids is 1. The summed E-state index contributed by atoms with van der Waals surface area (Å²) in [5.41, 5.74) is 2.26. The van der Waals surface area contributed by atoms with Crippen molar-refractivity contribution in [2.75, 3.05) is 4.90 Å². The van der Waals surface area contributed by atoms with Crippen LogP contribution in [0.1, 0.15) is 11.1 Å². The molecule has 5 heteroatoms. The van der Waals surface area contributed by atoms with Crippen LogP contribution in [0.3, 0.4) is 0 Å². The lowest BCUT2D eigenvalue weighted by Crippen LogP contribution is -2.43. The molecule has 0 saturated heterocycles. The van der Waals surface area contributed by atoms with E-state index >= 15 is 0 Å². The predicted octanol–water partition coefficient (Wildman–Crippen LogP) is 2.84. The van der Waals surface area contributed by atoms with Crippen molar-refractivity contribution in [3.8, 4) is 0 Å². The third-order valence-corrected chi connectivity index (χ3v) is 3.68. The maximum Gasteiger partial charge on any atom is 0.412 e. The molecule has 0 fully saturated rings. The molecule has 1 heterocycles. The Balaban J connectivity index is 1.74. The predicted molar refractivity (Wildman–Crippen MR) is 80.7 cm³/mol. The monoisotopic (exact) mass is 297 g/mol. The Bertz CT molecular complexity index is 699. The second kappa shape index (κ2) is 5.89. The number of benzene rings is 2. The highest BCUT2D eigenvalue weighted by atomic mass is 16.5. The number of esters is 1.